The summed E-state index contributed by atoms with van der Waals surface area (Å²) in [5.41, 5.74) is 1.27. The number of ether oxygens (including phenoxy) is 3. The maximum Gasteiger partial charge on any atom is 0.338 e. The van der Waals surface area contributed by atoms with Crippen LogP contribution in [0.25, 0.3) is 0 Å². The van der Waals surface area contributed by atoms with Crippen molar-refractivity contribution in [2.75, 3.05) is 32.1 Å². The minimum Gasteiger partial charge on any atom is -0.494 e. The van der Waals surface area contributed by atoms with Crippen LogP contribution in [0.4, 0.5) is 5.69 Å². The zero-order valence-electron chi connectivity index (χ0n) is 26.1. The highest BCUT2D eigenvalue weighted by Gasteiger charge is 2.42. The van der Waals surface area contributed by atoms with E-state index in [1.807, 2.05) is 6.07 Å². The Morgan fingerprint density at radius 3 is 2.24 bits per heavy atom. The predicted octanol–water partition coefficient (Wildman–Crippen LogP) is 4.55. The second-order valence-corrected chi connectivity index (χ2v) is 11.7. The fourth-order valence-corrected chi connectivity index (χ4v) is 4.89. The van der Waals surface area contributed by atoms with Crippen molar-refractivity contribution in [3.05, 3.63) is 84.2 Å². The molecule has 1 aromatic heterocycles. The first kappa shape index (κ1) is 33.0. The predicted molar refractivity (Wildman–Crippen MR) is 168 cm³/mol. The van der Waals surface area contributed by atoms with Crippen LogP contribution in [-0.2, 0) is 19.1 Å². The largest absolute Gasteiger partial charge is 0.494 e. The van der Waals surface area contributed by atoms with Crippen molar-refractivity contribution in [1.82, 2.24) is 15.2 Å². The Bertz CT molecular complexity index is 1450. The molecule has 0 bridgehead atoms. The fraction of sp³-hybridized carbons (Fsp3) is 0.382. The molecule has 2 aromatic carbocycles. The van der Waals surface area contributed by atoms with Gasteiger partial charge >= 0.3 is 5.97 Å². The van der Waals surface area contributed by atoms with E-state index in [9.17, 15) is 19.2 Å². The Kier molecular flexibility index (Phi) is 11.1. The van der Waals surface area contributed by atoms with E-state index in [-0.39, 0.29) is 43.2 Å². The average Bonchev–Trinajstić information content (AvgIpc) is 3.31. The quantitative estimate of drug-likeness (QED) is 0.211. The summed E-state index contributed by atoms with van der Waals surface area (Å²) in [5.74, 6) is -0.0647. The molecule has 2 heterocycles. The van der Waals surface area contributed by atoms with Crippen molar-refractivity contribution in [3.63, 3.8) is 0 Å². The van der Waals surface area contributed by atoms with Gasteiger partial charge in [-0.2, -0.15) is 0 Å². The third kappa shape index (κ3) is 9.79. The van der Waals surface area contributed by atoms with Crippen molar-refractivity contribution >= 4 is 29.4 Å². The highest BCUT2D eigenvalue weighted by molar-refractivity contribution is 5.93. The summed E-state index contributed by atoms with van der Waals surface area (Å²) in [7, 11) is 1.71. The molecule has 4 rings (SSSR count). The van der Waals surface area contributed by atoms with E-state index in [4.69, 9.17) is 14.2 Å². The number of carbonyl (C=O) groups excluding carboxylic acids is 4. The van der Waals surface area contributed by atoms with E-state index in [0.29, 0.717) is 42.3 Å². The number of nitrogens with zero attached hydrogens (tertiary/aromatic N) is 2. The maximum absolute atomic E-state index is 12.9. The molecule has 1 aliphatic heterocycles. The smallest absolute Gasteiger partial charge is 0.338 e. The molecule has 2 atom stereocenters. The van der Waals surface area contributed by atoms with Gasteiger partial charge in [-0.3, -0.25) is 19.4 Å². The normalized spacial score (nSPS) is 16.2. The summed E-state index contributed by atoms with van der Waals surface area (Å²) in [6.45, 7) is 6.33. The Hall–Kier alpha value is -4.93. The van der Waals surface area contributed by atoms with Crippen LogP contribution in [0.2, 0.25) is 0 Å². The highest BCUT2D eigenvalue weighted by Crippen LogP contribution is 2.36. The van der Waals surface area contributed by atoms with Crippen LogP contribution in [0.5, 0.6) is 11.5 Å². The molecule has 1 unspecified atom stereocenters. The van der Waals surface area contributed by atoms with E-state index in [0.717, 1.165) is 5.56 Å². The number of benzene rings is 2. The zero-order valence-corrected chi connectivity index (χ0v) is 26.1. The first-order chi connectivity index (χ1) is 21.5. The first-order valence-corrected chi connectivity index (χ1v) is 14.9. The van der Waals surface area contributed by atoms with Gasteiger partial charge in [0.05, 0.1) is 30.7 Å². The number of esters is 1. The molecule has 1 fully saturated rings. The van der Waals surface area contributed by atoms with E-state index in [1.54, 1.807) is 99.7 Å². The monoisotopic (exact) mass is 616 g/mol. The van der Waals surface area contributed by atoms with Crippen molar-refractivity contribution in [1.29, 1.82) is 0 Å². The molecule has 1 aliphatic rings. The molecule has 3 amide bonds. The molecule has 11 heteroatoms. The van der Waals surface area contributed by atoms with E-state index in [1.165, 1.54) is 0 Å². The van der Waals surface area contributed by atoms with Gasteiger partial charge in [-0.1, -0.05) is 6.07 Å². The van der Waals surface area contributed by atoms with Crippen molar-refractivity contribution in [2.24, 2.45) is 5.92 Å². The Labute approximate surface area is 263 Å². The molecule has 0 spiro atoms. The minimum atomic E-state index is -0.577. The van der Waals surface area contributed by atoms with Gasteiger partial charge in [-0.25, -0.2) is 4.79 Å². The lowest BCUT2D eigenvalue weighted by Gasteiger charge is -2.24. The molecule has 2 N–H and O–H groups in total. The summed E-state index contributed by atoms with van der Waals surface area (Å²) in [5, 5.41) is 5.69. The lowest BCUT2D eigenvalue weighted by Crippen LogP contribution is -2.36. The maximum atomic E-state index is 12.9. The van der Waals surface area contributed by atoms with Crippen molar-refractivity contribution in [3.8, 4) is 11.5 Å². The lowest BCUT2D eigenvalue weighted by molar-refractivity contribution is -0.128. The summed E-state index contributed by atoms with van der Waals surface area (Å²) >= 11 is 0. The number of hydrogen-bond acceptors (Lipinski definition) is 8. The van der Waals surface area contributed by atoms with Gasteiger partial charge < -0.3 is 29.7 Å². The topological polar surface area (TPSA) is 136 Å². The second-order valence-electron chi connectivity index (χ2n) is 11.7. The van der Waals surface area contributed by atoms with Gasteiger partial charge in [0.1, 0.15) is 23.7 Å². The number of carbonyl (C=O) groups is 4. The van der Waals surface area contributed by atoms with Crippen LogP contribution in [-0.4, -0.2) is 66.0 Å². The van der Waals surface area contributed by atoms with Crippen LogP contribution in [0.1, 0.15) is 62.0 Å². The molecule has 1 saturated heterocycles. The number of hydrogen-bond donors (Lipinski definition) is 2. The van der Waals surface area contributed by atoms with Crippen molar-refractivity contribution in [2.45, 2.75) is 51.7 Å². The fourth-order valence-electron chi connectivity index (χ4n) is 4.89. The van der Waals surface area contributed by atoms with Gasteiger partial charge in [0.15, 0.2) is 0 Å². The SMILES string of the molecule is CN1C(=O)C[C@H](C(=O)NCCOc2ccc(OCCCC(=O)Nc3ccc(C(=O)OC(C)(C)C)cc3)cc2)C1c1cccnc1. The molecular weight excluding hydrogens is 576 g/mol. The van der Waals surface area contributed by atoms with Crippen molar-refractivity contribution < 1.29 is 33.4 Å². The summed E-state index contributed by atoms with van der Waals surface area (Å²) in [4.78, 5) is 55.4. The number of anilines is 1. The number of pyridine rings is 1. The number of amides is 3. The number of rotatable bonds is 13. The van der Waals surface area contributed by atoms with Crippen LogP contribution in [0, 0.1) is 5.92 Å². The first-order valence-electron chi connectivity index (χ1n) is 14.9. The average molecular weight is 617 g/mol. The van der Waals surface area contributed by atoms with Gasteiger partial charge in [0, 0.05) is 38.0 Å². The molecule has 0 radical (unpaired) electrons. The molecule has 0 aliphatic carbocycles. The van der Waals surface area contributed by atoms with Gasteiger partial charge in [0.2, 0.25) is 17.7 Å². The molecule has 3 aromatic rings. The van der Waals surface area contributed by atoms with E-state index < -0.39 is 17.5 Å². The Morgan fingerprint density at radius 1 is 0.956 bits per heavy atom. The van der Waals surface area contributed by atoms with Gasteiger partial charge in [0.25, 0.3) is 0 Å². The number of nitrogens with one attached hydrogen (secondary N) is 2. The minimum absolute atomic E-state index is 0.0746. The zero-order chi connectivity index (χ0) is 32.4. The molecule has 45 heavy (non-hydrogen) atoms. The highest BCUT2D eigenvalue weighted by atomic mass is 16.6. The number of aromatic nitrogens is 1. The lowest BCUT2D eigenvalue weighted by atomic mass is 9.94. The third-order valence-corrected chi connectivity index (χ3v) is 7.06. The van der Waals surface area contributed by atoms with Crippen LogP contribution < -0.4 is 20.1 Å². The molecule has 11 nitrogen and oxygen atoms in total. The summed E-state index contributed by atoms with van der Waals surface area (Å²) in [6.07, 6.45) is 4.29. The molecule has 238 valence electrons. The number of likely N-dealkylation sites (tertiary alicyclic amines) is 1. The van der Waals surface area contributed by atoms with E-state index in [2.05, 4.69) is 15.6 Å². The Morgan fingerprint density at radius 2 is 1.62 bits per heavy atom. The van der Waals surface area contributed by atoms with Crippen LogP contribution in [0.3, 0.4) is 0 Å². The van der Waals surface area contributed by atoms with Crippen LogP contribution in [0.15, 0.2) is 73.1 Å². The standard InChI is InChI=1S/C34H40N4O7/c1-34(2,3)45-33(42)23-9-11-25(12-10-23)37-29(39)8-6-19-43-26-13-15-27(16-14-26)44-20-18-36-32(41)28-21-30(40)38(4)31(28)24-7-5-17-35-22-24/h5,7,9-17,22,28,31H,6,8,18-21H2,1-4H3,(H,36,41)(H,37,39)/t28-,31?/m0/s1. The van der Waals surface area contributed by atoms with E-state index >= 15 is 0 Å². The Balaban J connectivity index is 1.11. The van der Waals surface area contributed by atoms with Crippen LogP contribution >= 0.6 is 0 Å². The molecule has 0 saturated carbocycles. The molecular formula is C34H40N4O7. The van der Waals surface area contributed by atoms with Gasteiger partial charge in [-0.05, 0) is 87.4 Å². The third-order valence-electron chi connectivity index (χ3n) is 7.06. The second kappa shape index (κ2) is 15.2. The summed E-state index contributed by atoms with van der Waals surface area (Å²) in [6, 6.07) is 17.0. The summed E-state index contributed by atoms with van der Waals surface area (Å²) < 4.78 is 16.8. The van der Waals surface area contributed by atoms with Gasteiger partial charge in [-0.15, -0.1) is 0 Å².